The fourth-order valence-electron chi connectivity index (χ4n) is 3.78. The van der Waals surface area contributed by atoms with Gasteiger partial charge in [-0.15, -0.1) is 0 Å². The minimum atomic E-state index is 0.119. The second-order valence-electron chi connectivity index (χ2n) is 8.26. The highest BCUT2D eigenvalue weighted by Gasteiger charge is 2.24. The number of rotatable bonds is 8. The third-order valence-electron chi connectivity index (χ3n) is 5.19. The van der Waals surface area contributed by atoms with Crippen molar-refractivity contribution in [2.24, 2.45) is 5.10 Å². The summed E-state index contributed by atoms with van der Waals surface area (Å²) in [5, 5.41) is 4.36. The maximum Gasteiger partial charge on any atom is 0.320 e. The standard InChI is InChI=1S/C25H30N6O2/c1-18-7-6-8-21(13-18)15-27-30-23-14-24(31-16-19(2)33-20(3)17-31)29-25(28-23)32-12-10-22-9-4-5-11-26-22/h4-9,11,13-15,19-20H,10,12,16-17H2,1-3H3,(H,28,29,30)/b27-15+. The molecule has 8 nitrogen and oxygen atoms in total. The molecule has 0 amide bonds. The summed E-state index contributed by atoms with van der Waals surface area (Å²) in [6.07, 6.45) is 4.46. The van der Waals surface area contributed by atoms with E-state index in [-0.39, 0.29) is 12.2 Å². The van der Waals surface area contributed by atoms with Gasteiger partial charge >= 0.3 is 6.01 Å². The molecule has 1 aliphatic heterocycles. The van der Waals surface area contributed by atoms with Gasteiger partial charge in [0, 0.05) is 37.5 Å². The van der Waals surface area contributed by atoms with Gasteiger partial charge in [-0.25, -0.2) is 0 Å². The number of pyridine rings is 1. The van der Waals surface area contributed by atoms with Gasteiger partial charge in [-0.2, -0.15) is 15.1 Å². The number of hydrogen-bond donors (Lipinski definition) is 1. The van der Waals surface area contributed by atoms with Crippen LogP contribution in [0.5, 0.6) is 6.01 Å². The van der Waals surface area contributed by atoms with E-state index >= 15 is 0 Å². The Kier molecular flexibility index (Phi) is 7.47. The molecule has 0 bridgehead atoms. The number of anilines is 2. The number of morpholine rings is 1. The first-order valence-electron chi connectivity index (χ1n) is 11.2. The van der Waals surface area contributed by atoms with Gasteiger partial charge in [0.25, 0.3) is 0 Å². The monoisotopic (exact) mass is 446 g/mol. The van der Waals surface area contributed by atoms with Crippen LogP contribution in [0.2, 0.25) is 0 Å². The lowest BCUT2D eigenvalue weighted by Crippen LogP contribution is -2.45. The number of hydrogen-bond acceptors (Lipinski definition) is 8. The smallest absolute Gasteiger partial charge is 0.320 e. The van der Waals surface area contributed by atoms with Crippen LogP contribution in [0.25, 0.3) is 0 Å². The molecule has 1 N–H and O–H groups in total. The van der Waals surface area contributed by atoms with Crippen molar-refractivity contribution in [3.05, 3.63) is 71.5 Å². The van der Waals surface area contributed by atoms with Crippen molar-refractivity contribution < 1.29 is 9.47 Å². The number of nitrogens with zero attached hydrogens (tertiary/aromatic N) is 5. The van der Waals surface area contributed by atoms with Gasteiger partial charge in [-0.1, -0.05) is 35.9 Å². The van der Waals surface area contributed by atoms with Gasteiger partial charge in [-0.3, -0.25) is 10.4 Å². The van der Waals surface area contributed by atoms with E-state index in [4.69, 9.17) is 9.47 Å². The fourth-order valence-corrected chi connectivity index (χ4v) is 3.78. The first-order valence-corrected chi connectivity index (χ1v) is 11.2. The molecule has 8 heteroatoms. The van der Waals surface area contributed by atoms with Gasteiger partial charge in [0.2, 0.25) is 0 Å². The summed E-state index contributed by atoms with van der Waals surface area (Å²) < 4.78 is 11.8. The number of aryl methyl sites for hydroxylation is 1. The molecule has 1 aromatic carbocycles. The van der Waals surface area contributed by atoms with Crippen molar-refractivity contribution in [2.45, 2.75) is 39.4 Å². The van der Waals surface area contributed by atoms with Crippen molar-refractivity contribution in [2.75, 3.05) is 30.0 Å². The minimum absolute atomic E-state index is 0.119. The molecule has 0 spiro atoms. The second kappa shape index (κ2) is 10.9. The van der Waals surface area contributed by atoms with Gasteiger partial charge in [0.15, 0.2) is 5.82 Å². The number of aromatic nitrogens is 3. The lowest BCUT2D eigenvalue weighted by Gasteiger charge is -2.36. The Morgan fingerprint density at radius 3 is 2.73 bits per heavy atom. The zero-order valence-corrected chi connectivity index (χ0v) is 19.3. The molecular formula is C25H30N6O2. The third kappa shape index (κ3) is 6.73. The molecule has 2 aromatic heterocycles. The van der Waals surface area contributed by atoms with E-state index in [0.717, 1.165) is 30.2 Å². The summed E-state index contributed by atoms with van der Waals surface area (Å²) in [7, 11) is 0. The molecule has 2 atom stereocenters. The van der Waals surface area contributed by atoms with Crippen LogP contribution in [-0.4, -0.2) is 53.1 Å². The Balaban J connectivity index is 1.50. The molecule has 1 saturated heterocycles. The SMILES string of the molecule is Cc1cccc(/C=N/Nc2cc(N3CC(C)OC(C)C3)nc(OCCc3ccccn3)n2)c1. The highest BCUT2D eigenvalue weighted by molar-refractivity contribution is 5.80. The molecule has 1 aliphatic rings. The number of hydrazone groups is 1. The topological polar surface area (TPSA) is 84.8 Å². The predicted octanol–water partition coefficient (Wildman–Crippen LogP) is 3.86. The normalized spacial score (nSPS) is 18.5. The van der Waals surface area contributed by atoms with Crippen molar-refractivity contribution in [1.82, 2.24) is 15.0 Å². The summed E-state index contributed by atoms with van der Waals surface area (Å²) >= 11 is 0. The third-order valence-corrected chi connectivity index (χ3v) is 5.19. The largest absolute Gasteiger partial charge is 0.463 e. The molecule has 0 saturated carbocycles. The number of benzene rings is 1. The molecule has 0 radical (unpaired) electrons. The lowest BCUT2D eigenvalue weighted by molar-refractivity contribution is -0.00550. The Bertz CT molecular complexity index is 1070. The van der Waals surface area contributed by atoms with Crippen molar-refractivity contribution in [1.29, 1.82) is 0 Å². The molecule has 3 heterocycles. The highest BCUT2D eigenvalue weighted by atomic mass is 16.5. The van der Waals surface area contributed by atoms with Crippen LogP contribution in [0.4, 0.5) is 11.6 Å². The molecular weight excluding hydrogens is 416 g/mol. The lowest BCUT2D eigenvalue weighted by atomic mass is 10.2. The molecule has 0 aliphatic carbocycles. The van der Waals surface area contributed by atoms with Crippen molar-refractivity contribution >= 4 is 17.9 Å². The van der Waals surface area contributed by atoms with Crippen LogP contribution >= 0.6 is 0 Å². The van der Waals surface area contributed by atoms with E-state index in [1.807, 2.05) is 36.4 Å². The summed E-state index contributed by atoms with van der Waals surface area (Å²) in [4.78, 5) is 15.7. The van der Waals surface area contributed by atoms with Crippen LogP contribution in [0.15, 0.2) is 59.8 Å². The van der Waals surface area contributed by atoms with E-state index in [0.29, 0.717) is 24.9 Å². The summed E-state index contributed by atoms with van der Waals surface area (Å²) in [6.45, 7) is 8.13. The number of nitrogens with one attached hydrogen (secondary N) is 1. The number of ether oxygens (including phenoxy) is 2. The Labute approximate surface area is 194 Å². The Morgan fingerprint density at radius 2 is 1.97 bits per heavy atom. The van der Waals surface area contributed by atoms with Crippen LogP contribution in [0, 0.1) is 6.92 Å². The quantitative estimate of drug-likeness (QED) is 0.415. The summed E-state index contributed by atoms with van der Waals surface area (Å²) in [6, 6.07) is 16.2. The van der Waals surface area contributed by atoms with Gasteiger partial charge in [0.05, 0.1) is 25.0 Å². The second-order valence-corrected chi connectivity index (χ2v) is 8.26. The molecule has 3 aromatic rings. The Hall–Kier alpha value is -3.52. The summed E-state index contributed by atoms with van der Waals surface area (Å²) in [5.74, 6) is 1.36. The molecule has 1 fully saturated rings. The van der Waals surface area contributed by atoms with Crippen LogP contribution in [0.3, 0.4) is 0 Å². The molecule has 4 rings (SSSR count). The van der Waals surface area contributed by atoms with Gasteiger partial charge < -0.3 is 14.4 Å². The molecule has 172 valence electrons. The van der Waals surface area contributed by atoms with Crippen LogP contribution in [-0.2, 0) is 11.2 Å². The fraction of sp³-hybridized carbons (Fsp3) is 0.360. The van der Waals surface area contributed by atoms with E-state index in [1.165, 1.54) is 5.56 Å². The first-order chi connectivity index (χ1) is 16.0. The van der Waals surface area contributed by atoms with Crippen molar-refractivity contribution in [3.8, 4) is 6.01 Å². The predicted molar refractivity (Wildman–Crippen MR) is 130 cm³/mol. The highest BCUT2D eigenvalue weighted by Crippen LogP contribution is 2.23. The van der Waals surface area contributed by atoms with Gasteiger partial charge in [-0.05, 0) is 38.5 Å². The molecule has 2 unspecified atom stereocenters. The van der Waals surface area contributed by atoms with E-state index in [1.54, 1.807) is 12.4 Å². The maximum atomic E-state index is 5.90. The zero-order chi connectivity index (χ0) is 23.0. The minimum Gasteiger partial charge on any atom is -0.463 e. The molecule has 33 heavy (non-hydrogen) atoms. The van der Waals surface area contributed by atoms with Crippen LogP contribution in [0.1, 0.15) is 30.7 Å². The first kappa shape index (κ1) is 22.7. The van der Waals surface area contributed by atoms with E-state index in [9.17, 15) is 0 Å². The van der Waals surface area contributed by atoms with Crippen LogP contribution < -0.4 is 15.1 Å². The average Bonchev–Trinajstić information content (AvgIpc) is 2.79. The zero-order valence-electron chi connectivity index (χ0n) is 19.3. The van der Waals surface area contributed by atoms with E-state index in [2.05, 4.69) is 63.3 Å². The average molecular weight is 447 g/mol. The van der Waals surface area contributed by atoms with Gasteiger partial charge in [0.1, 0.15) is 5.82 Å². The summed E-state index contributed by atoms with van der Waals surface area (Å²) in [5.41, 5.74) is 6.19. The van der Waals surface area contributed by atoms with Crippen molar-refractivity contribution in [3.63, 3.8) is 0 Å². The maximum absolute atomic E-state index is 5.90. The Morgan fingerprint density at radius 1 is 1.12 bits per heavy atom. The van der Waals surface area contributed by atoms with E-state index < -0.39 is 0 Å².